The van der Waals surface area contributed by atoms with E-state index in [1.54, 1.807) is 12.1 Å². The fraction of sp³-hybridized carbons (Fsp3) is 0.455. The number of halogens is 2. The second-order valence-corrected chi connectivity index (χ2v) is 5.66. The van der Waals surface area contributed by atoms with Crippen LogP contribution in [-0.2, 0) is 0 Å². The SMILES string of the molecule is CC1CNC(c2ccc(F)c(Cl)c2)CS1. The van der Waals surface area contributed by atoms with Gasteiger partial charge in [-0.2, -0.15) is 11.8 Å². The minimum absolute atomic E-state index is 0.206. The molecule has 1 heterocycles. The molecular weight excluding hydrogens is 233 g/mol. The summed E-state index contributed by atoms with van der Waals surface area (Å²) in [5.74, 6) is 0.667. The second kappa shape index (κ2) is 4.73. The number of hydrogen-bond donors (Lipinski definition) is 1. The molecule has 1 aliphatic heterocycles. The molecule has 1 aromatic carbocycles. The highest BCUT2D eigenvalue weighted by atomic mass is 35.5. The molecule has 0 bridgehead atoms. The summed E-state index contributed by atoms with van der Waals surface area (Å²) in [6, 6.07) is 5.24. The lowest BCUT2D eigenvalue weighted by Gasteiger charge is -2.27. The van der Waals surface area contributed by atoms with Crippen LogP contribution in [0.3, 0.4) is 0 Å². The minimum atomic E-state index is -0.350. The summed E-state index contributed by atoms with van der Waals surface area (Å²) in [5.41, 5.74) is 1.07. The number of rotatable bonds is 1. The monoisotopic (exact) mass is 245 g/mol. The average Bonchev–Trinajstić information content (AvgIpc) is 2.23. The molecule has 1 aliphatic rings. The lowest BCUT2D eigenvalue weighted by atomic mass is 10.1. The molecule has 1 fully saturated rings. The highest BCUT2D eigenvalue weighted by molar-refractivity contribution is 8.00. The average molecular weight is 246 g/mol. The van der Waals surface area contributed by atoms with Gasteiger partial charge in [-0.15, -0.1) is 0 Å². The van der Waals surface area contributed by atoms with Crippen LogP contribution in [-0.4, -0.2) is 17.5 Å². The van der Waals surface area contributed by atoms with Gasteiger partial charge in [0.25, 0.3) is 0 Å². The van der Waals surface area contributed by atoms with Crippen molar-refractivity contribution in [3.63, 3.8) is 0 Å². The van der Waals surface area contributed by atoms with E-state index in [-0.39, 0.29) is 10.8 Å². The Morgan fingerprint density at radius 2 is 2.33 bits per heavy atom. The Hall–Kier alpha value is -0.250. The van der Waals surface area contributed by atoms with Gasteiger partial charge in [-0.1, -0.05) is 24.6 Å². The molecule has 0 aliphatic carbocycles. The molecule has 2 atom stereocenters. The van der Waals surface area contributed by atoms with E-state index in [4.69, 9.17) is 11.6 Å². The van der Waals surface area contributed by atoms with Crippen LogP contribution in [0.15, 0.2) is 18.2 Å². The predicted molar refractivity (Wildman–Crippen MR) is 64.1 cm³/mol. The summed E-state index contributed by atoms with van der Waals surface area (Å²) >= 11 is 7.68. The second-order valence-electron chi connectivity index (χ2n) is 3.78. The summed E-state index contributed by atoms with van der Waals surface area (Å²) < 4.78 is 13.0. The molecule has 1 nitrogen and oxygen atoms in total. The molecule has 1 aromatic rings. The molecule has 0 aromatic heterocycles. The highest BCUT2D eigenvalue weighted by Gasteiger charge is 2.19. The molecule has 0 spiro atoms. The molecule has 1 N–H and O–H groups in total. The van der Waals surface area contributed by atoms with Gasteiger partial charge in [-0.25, -0.2) is 4.39 Å². The van der Waals surface area contributed by atoms with Crippen molar-refractivity contribution < 1.29 is 4.39 Å². The van der Waals surface area contributed by atoms with E-state index in [0.29, 0.717) is 11.3 Å². The summed E-state index contributed by atoms with van der Waals surface area (Å²) in [4.78, 5) is 0. The van der Waals surface area contributed by atoms with E-state index in [0.717, 1.165) is 17.9 Å². The lowest BCUT2D eigenvalue weighted by Crippen LogP contribution is -2.34. The molecule has 4 heteroatoms. The first-order chi connectivity index (χ1) is 7.16. The first-order valence-corrected chi connectivity index (χ1v) is 6.39. The molecule has 82 valence electrons. The molecule has 2 rings (SSSR count). The van der Waals surface area contributed by atoms with Gasteiger partial charge in [0.15, 0.2) is 0 Å². The molecule has 15 heavy (non-hydrogen) atoms. The van der Waals surface area contributed by atoms with Crippen molar-refractivity contribution in [3.8, 4) is 0 Å². The zero-order chi connectivity index (χ0) is 10.8. The van der Waals surface area contributed by atoms with Crippen LogP contribution in [0.5, 0.6) is 0 Å². The standard InChI is InChI=1S/C11H13ClFNS/c1-7-5-14-11(6-15-7)8-2-3-10(13)9(12)4-8/h2-4,7,11,14H,5-6H2,1H3. The van der Waals surface area contributed by atoms with Gasteiger partial charge in [0.1, 0.15) is 5.82 Å². The zero-order valence-electron chi connectivity index (χ0n) is 8.47. The van der Waals surface area contributed by atoms with Crippen LogP contribution in [0.25, 0.3) is 0 Å². The Morgan fingerprint density at radius 1 is 1.53 bits per heavy atom. The van der Waals surface area contributed by atoms with Crippen LogP contribution >= 0.6 is 23.4 Å². The van der Waals surface area contributed by atoms with Crippen molar-refractivity contribution in [2.75, 3.05) is 12.3 Å². The van der Waals surface area contributed by atoms with Crippen molar-refractivity contribution in [2.24, 2.45) is 0 Å². The quantitative estimate of drug-likeness (QED) is 0.815. The molecular formula is C11H13ClFNS. The van der Waals surface area contributed by atoms with Crippen LogP contribution in [0.2, 0.25) is 5.02 Å². The summed E-state index contributed by atoms with van der Waals surface area (Å²) in [7, 11) is 0. The summed E-state index contributed by atoms with van der Waals surface area (Å²) in [6.07, 6.45) is 0. The van der Waals surface area contributed by atoms with Crippen molar-refractivity contribution in [3.05, 3.63) is 34.6 Å². The van der Waals surface area contributed by atoms with Crippen LogP contribution in [0.4, 0.5) is 4.39 Å². The van der Waals surface area contributed by atoms with Crippen molar-refractivity contribution in [1.29, 1.82) is 0 Å². The van der Waals surface area contributed by atoms with E-state index in [1.807, 2.05) is 11.8 Å². The molecule has 2 unspecified atom stereocenters. The Kier molecular flexibility index (Phi) is 3.54. The van der Waals surface area contributed by atoms with Crippen molar-refractivity contribution in [2.45, 2.75) is 18.2 Å². The van der Waals surface area contributed by atoms with Crippen molar-refractivity contribution >= 4 is 23.4 Å². The molecule has 0 saturated carbocycles. The van der Waals surface area contributed by atoms with Gasteiger partial charge in [0, 0.05) is 23.6 Å². The molecule has 1 saturated heterocycles. The Labute approximate surface area is 98.4 Å². The molecule has 0 amide bonds. The third-order valence-corrected chi connectivity index (χ3v) is 4.10. The fourth-order valence-electron chi connectivity index (χ4n) is 1.63. The van der Waals surface area contributed by atoms with E-state index in [9.17, 15) is 4.39 Å². The lowest BCUT2D eigenvalue weighted by molar-refractivity contribution is 0.561. The number of thioether (sulfide) groups is 1. The topological polar surface area (TPSA) is 12.0 Å². The van der Waals surface area contributed by atoms with Crippen LogP contribution in [0, 0.1) is 5.82 Å². The number of nitrogens with one attached hydrogen (secondary N) is 1. The minimum Gasteiger partial charge on any atom is -0.308 e. The predicted octanol–water partition coefficient (Wildman–Crippen LogP) is 3.25. The van der Waals surface area contributed by atoms with Gasteiger partial charge < -0.3 is 5.32 Å². The maximum atomic E-state index is 13.0. The van der Waals surface area contributed by atoms with Gasteiger partial charge in [0.05, 0.1) is 5.02 Å². The maximum absolute atomic E-state index is 13.0. The summed E-state index contributed by atoms with van der Waals surface area (Å²) in [5, 5.41) is 4.29. The Morgan fingerprint density at radius 3 is 2.93 bits per heavy atom. The molecule has 0 radical (unpaired) electrons. The number of benzene rings is 1. The van der Waals surface area contributed by atoms with Gasteiger partial charge >= 0.3 is 0 Å². The van der Waals surface area contributed by atoms with Gasteiger partial charge in [-0.05, 0) is 17.7 Å². The Bertz CT molecular complexity index is 350. The van der Waals surface area contributed by atoms with E-state index in [1.165, 1.54) is 6.07 Å². The van der Waals surface area contributed by atoms with Gasteiger partial charge in [-0.3, -0.25) is 0 Å². The zero-order valence-corrected chi connectivity index (χ0v) is 10.0. The fourth-order valence-corrected chi connectivity index (χ4v) is 2.86. The van der Waals surface area contributed by atoms with E-state index >= 15 is 0 Å². The largest absolute Gasteiger partial charge is 0.308 e. The maximum Gasteiger partial charge on any atom is 0.141 e. The van der Waals surface area contributed by atoms with Crippen LogP contribution < -0.4 is 5.32 Å². The van der Waals surface area contributed by atoms with E-state index in [2.05, 4.69) is 12.2 Å². The van der Waals surface area contributed by atoms with Gasteiger partial charge in [0.2, 0.25) is 0 Å². The first-order valence-electron chi connectivity index (χ1n) is 4.97. The number of hydrogen-bond acceptors (Lipinski definition) is 2. The van der Waals surface area contributed by atoms with E-state index < -0.39 is 0 Å². The third kappa shape index (κ3) is 2.65. The summed E-state index contributed by atoms with van der Waals surface area (Å²) in [6.45, 7) is 3.19. The van der Waals surface area contributed by atoms with Crippen molar-refractivity contribution in [1.82, 2.24) is 5.32 Å². The smallest absolute Gasteiger partial charge is 0.141 e. The third-order valence-electron chi connectivity index (χ3n) is 2.55. The Balaban J connectivity index is 2.12. The normalized spacial score (nSPS) is 26.6. The van der Waals surface area contributed by atoms with Crippen LogP contribution in [0.1, 0.15) is 18.5 Å². The highest BCUT2D eigenvalue weighted by Crippen LogP contribution is 2.28. The first kappa shape index (κ1) is 11.2.